The van der Waals surface area contributed by atoms with Gasteiger partial charge in [-0.3, -0.25) is 24.2 Å². The summed E-state index contributed by atoms with van der Waals surface area (Å²) in [6, 6.07) is 9.27. The van der Waals surface area contributed by atoms with Crippen molar-refractivity contribution >= 4 is 29.2 Å². The van der Waals surface area contributed by atoms with Crippen molar-refractivity contribution in [2.75, 3.05) is 22.9 Å². The first kappa shape index (κ1) is 23.3. The van der Waals surface area contributed by atoms with E-state index in [9.17, 15) is 14.4 Å². The van der Waals surface area contributed by atoms with E-state index in [4.69, 9.17) is 5.73 Å². The van der Waals surface area contributed by atoms with Crippen molar-refractivity contribution < 1.29 is 4.79 Å². The lowest BCUT2D eigenvalue weighted by atomic mass is 10.2. The number of nitrogen functional groups attached to an aromatic ring is 1. The zero-order chi connectivity index (χ0) is 23.3. The molecule has 0 fully saturated rings. The molecule has 0 aliphatic carbocycles. The smallest absolute Gasteiger partial charge is 0.330 e. The molecule has 0 saturated carbocycles. The highest BCUT2D eigenvalue weighted by Gasteiger charge is 2.24. The van der Waals surface area contributed by atoms with Crippen LogP contribution in [0.1, 0.15) is 44.5 Å². The molecule has 11 heteroatoms. The van der Waals surface area contributed by atoms with Gasteiger partial charge in [0.1, 0.15) is 11.6 Å². The number of aromatic amines is 2. The van der Waals surface area contributed by atoms with Gasteiger partial charge in [-0.2, -0.15) is 0 Å². The number of hydrogen-bond donors (Lipinski definition) is 3. The van der Waals surface area contributed by atoms with Crippen LogP contribution in [0.5, 0.6) is 0 Å². The SMILES string of the molecule is CCCN(C(=O)CSc1n[nH]c(C(C)C)n1)c1c(N)n(Cc2ccccc2)c(=O)[nH]c1=O. The maximum Gasteiger partial charge on any atom is 0.330 e. The van der Waals surface area contributed by atoms with Gasteiger partial charge >= 0.3 is 5.69 Å². The highest BCUT2D eigenvalue weighted by molar-refractivity contribution is 7.99. The monoisotopic (exact) mass is 457 g/mol. The summed E-state index contributed by atoms with van der Waals surface area (Å²) in [5, 5.41) is 7.42. The van der Waals surface area contributed by atoms with Crippen molar-refractivity contribution in [1.82, 2.24) is 24.7 Å². The molecule has 0 aliphatic rings. The molecule has 2 heterocycles. The van der Waals surface area contributed by atoms with E-state index >= 15 is 0 Å². The number of hydrogen-bond acceptors (Lipinski definition) is 7. The van der Waals surface area contributed by atoms with Gasteiger partial charge in [0.15, 0.2) is 5.69 Å². The lowest BCUT2D eigenvalue weighted by Crippen LogP contribution is -2.42. The Morgan fingerprint density at radius 2 is 1.97 bits per heavy atom. The van der Waals surface area contributed by atoms with E-state index in [1.165, 1.54) is 21.2 Å². The molecule has 0 spiro atoms. The largest absolute Gasteiger partial charge is 0.383 e. The lowest BCUT2D eigenvalue weighted by Gasteiger charge is -2.24. The molecule has 0 radical (unpaired) electrons. The van der Waals surface area contributed by atoms with Crippen LogP contribution in [0.25, 0.3) is 0 Å². The fraction of sp³-hybridized carbons (Fsp3) is 0.381. The van der Waals surface area contributed by atoms with Gasteiger partial charge in [0.25, 0.3) is 5.56 Å². The first-order chi connectivity index (χ1) is 15.3. The van der Waals surface area contributed by atoms with E-state index < -0.39 is 11.2 Å². The summed E-state index contributed by atoms with van der Waals surface area (Å²) in [4.78, 5) is 46.1. The zero-order valence-electron chi connectivity index (χ0n) is 18.3. The van der Waals surface area contributed by atoms with Crippen LogP contribution in [0.2, 0.25) is 0 Å². The van der Waals surface area contributed by atoms with Crippen LogP contribution in [-0.2, 0) is 11.3 Å². The fourth-order valence-corrected chi connectivity index (χ4v) is 3.81. The Balaban J connectivity index is 1.88. The highest BCUT2D eigenvalue weighted by atomic mass is 32.2. The van der Waals surface area contributed by atoms with E-state index in [1.54, 1.807) is 0 Å². The number of nitrogens with two attached hydrogens (primary N) is 1. The van der Waals surface area contributed by atoms with Crippen LogP contribution in [0.4, 0.5) is 11.5 Å². The van der Waals surface area contributed by atoms with Crippen molar-refractivity contribution in [2.45, 2.75) is 44.8 Å². The van der Waals surface area contributed by atoms with Crippen molar-refractivity contribution in [3.63, 3.8) is 0 Å². The number of benzene rings is 1. The Morgan fingerprint density at radius 1 is 1.25 bits per heavy atom. The molecule has 1 aromatic carbocycles. The number of rotatable bonds is 9. The average Bonchev–Trinajstić information content (AvgIpc) is 3.24. The van der Waals surface area contributed by atoms with Crippen molar-refractivity contribution in [3.05, 3.63) is 62.6 Å². The van der Waals surface area contributed by atoms with Gasteiger partial charge in [-0.25, -0.2) is 9.78 Å². The number of nitrogens with one attached hydrogen (secondary N) is 2. The van der Waals surface area contributed by atoms with E-state index in [2.05, 4.69) is 20.2 Å². The number of amides is 1. The Hall–Kier alpha value is -3.34. The number of thioether (sulfide) groups is 1. The Morgan fingerprint density at radius 3 is 2.59 bits per heavy atom. The van der Waals surface area contributed by atoms with Crippen LogP contribution < -0.4 is 21.9 Å². The molecular weight excluding hydrogens is 430 g/mol. The van der Waals surface area contributed by atoms with E-state index in [0.29, 0.717) is 11.6 Å². The van der Waals surface area contributed by atoms with Crippen LogP contribution in [-0.4, -0.2) is 42.9 Å². The first-order valence-electron chi connectivity index (χ1n) is 10.3. The Kier molecular flexibility index (Phi) is 7.52. The maximum atomic E-state index is 13.1. The van der Waals surface area contributed by atoms with Gasteiger partial charge in [0.05, 0.1) is 12.3 Å². The molecule has 2 aromatic heterocycles. The molecule has 4 N–H and O–H groups in total. The van der Waals surface area contributed by atoms with Gasteiger partial charge in [-0.05, 0) is 12.0 Å². The normalized spacial score (nSPS) is 11.1. The maximum absolute atomic E-state index is 13.1. The fourth-order valence-electron chi connectivity index (χ4n) is 3.13. The summed E-state index contributed by atoms with van der Waals surface area (Å²) in [5.74, 6) is 0.572. The van der Waals surface area contributed by atoms with Crippen LogP contribution in [0.15, 0.2) is 45.1 Å². The number of anilines is 2. The predicted molar refractivity (Wildman–Crippen MR) is 125 cm³/mol. The molecule has 3 rings (SSSR count). The number of nitrogens with zero attached hydrogens (tertiary/aromatic N) is 4. The third-order valence-electron chi connectivity index (χ3n) is 4.77. The third kappa shape index (κ3) is 5.28. The van der Waals surface area contributed by atoms with Gasteiger partial charge in [-0.1, -0.05) is 62.9 Å². The quantitative estimate of drug-likeness (QED) is 0.417. The molecule has 32 heavy (non-hydrogen) atoms. The summed E-state index contributed by atoms with van der Waals surface area (Å²) in [5.41, 5.74) is 5.76. The second-order valence-electron chi connectivity index (χ2n) is 7.56. The van der Waals surface area contributed by atoms with E-state index in [-0.39, 0.29) is 42.2 Å². The number of aromatic nitrogens is 5. The van der Waals surface area contributed by atoms with E-state index in [0.717, 1.165) is 11.4 Å². The minimum Gasteiger partial charge on any atom is -0.383 e. The molecule has 0 aliphatic heterocycles. The molecule has 1 amide bonds. The molecule has 10 nitrogen and oxygen atoms in total. The molecule has 170 valence electrons. The number of carbonyl (C=O) groups is 1. The molecule has 0 unspecified atom stereocenters. The van der Waals surface area contributed by atoms with Crippen LogP contribution in [0, 0.1) is 0 Å². The second kappa shape index (κ2) is 10.3. The molecule has 0 bridgehead atoms. The van der Waals surface area contributed by atoms with Crippen LogP contribution >= 0.6 is 11.8 Å². The molecular formula is C21H27N7O3S. The zero-order valence-corrected chi connectivity index (χ0v) is 19.1. The second-order valence-corrected chi connectivity index (χ2v) is 8.50. The predicted octanol–water partition coefficient (Wildman–Crippen LogP) is 1.94. The average molecular weight is 458 g/mol. The Bertz CT molecular complexity index is 1180. The van der Waals surface area contributed by atoms with Gasteiger partial charge in [-0.15, -0.1) is 5.10 Å². The summed E-state index contributed by atoms with van der Waals surface area (Å²) in [6.07, 6.45) is 0.602. The minimum atomic E-state index is -0.691. The summed E-state index contributed by atoms with van der Waals surface area (Å²) < 4.78 is 1.26. The van der Waals surface area contributed by atoms with Gasteiger partial charge in [0, 0.05) is 12.5 Å². The third-order valence-corrected chi connectivity index (χ3v) is 5.60. The van der Waals surface area contributed by atoms with Gasteiger partial charge in [0.2, 0.25) is 11.1 Å². The van der Waals surface area contributed by atoms with Gasteiger partial charge < -0.3 is 10.6 Å². The minimum absolute atomic E-state index is 0.0199. The summed E-state index contributed by atoms with van der Waals surface area (Å²) in [7, 11) is 0. The van der Waals surface area contributed by atoms with Crippen molar-refractivity contribution in [1.29, 1.82) is 0 Å². The highest BCUT2D eigenvalue weighted by Crippen LogP contribution is 2.21. The molecule has 0 atom stereocenters. The Labute approximate surface area is 189 Å². The standard InChI is InChI=1S/C21H27N7O3S/c1-4-10-27(15(29)12-32-20-23-18(13(2)3)25-26-20)16-17(22)28(21(31)24-19(16)30)11-14-8-6-5-7-9-14/h5-9,13H,4,10-12,22H2,1-3H3,(H,23,25,26)(H,24,30,31). The molecule has 3 aromatic rings. The first-order valence-corrected chi connectivity index (χ1v) is 11.3. The molecule has 0 saturated heterocycles. The number of H-pyrrole nitrogens is 2. The van der Waals surface area contributed by atoms with Crippen molar-refractivity contribution in [2.24, 2.45) is 0 Å². The topological polar surface area (TPSA) is 143 Å². The number of carbonyl (C=O) groups excluding carboxylic acids is 1. The van der Waals surface area contributed by atoms with Crippen LogP contribution in [0.3, 0.4) is 0 Å². The van der Waals surface area contributed by atoms with E-state index in [1.807, 2.05) is 51.1 Å². The van der Waals surface area contributed by atoms with Crippen molar-refractivity contribution in [3.8, 4) is 0 Å². The lowest BCUT2D eigenvalue weighted by molar-refractivity contribution is -0.116. The summed E-state index contributed by atoms with van der Waals surface area (Å²) >= 11 is 1.17. The summed E-state index contributed by atoms with van der Waals surface area (Å²) in [6.45, 7) is 6.32.